The molecular weight excluding hydrogens is 333 g/mol. The molecule has 0 bridgehead atoms. The van der Waals surface area contributed by atoms with E-state index in [0.717, 1.165) is 5.69 Å². The lowest BCUT2D eigenvalue weighted by molar-refractivity contribution is 0.510. The molecular formula is C19H14FN5O. The van der Waals surface area contributed by atoms with Crippen LogP contribution in [0.1, 0.15) is 30.8 Å². The van der Waals surface area contributed by atoms with Crippen molar-refractivity contribution in [1.82, 2.24) is 14.8 Å². The molecule has 2 aromatic carbocycles. The first kappa shape index (κ1) is 16.1. The van der Waals surface area contributed by atoms with Gasteiger partial charge in [-0.1, -0.05) is 12.1 Å². The van der Waals surface area contributed by atoms with Gasteiger partial charge in [-0.25, -0.2) is 9.18 Å². The van der Waals surface area contributed by atoms with Crippen molar-refractivity contribution in [1.29, 1.82) is 0 Å². The number of isocyanates is 1. The Morgan fingerprint density at radius 2 is 1.96 bits per heavy atom. The van der Waals surface area contributed by atoms with Gasteiger partial charge in [0.25, 0.3) is 0 Å². The van der Waals surface area contributed by atoms with E-state index in [0.29, 0.717) is 28.4 Å². The Hall–Kier alpha value is -3.44. The zero-order chi connectivity index (χ0) is 18.3. The number of hydrogen-bond donors (Lipinski definition) is 0. The molecule has 1 aliphatic rings. The molecule has 3 aromatic rings. The Labute approximate surface area is 148 Å². The maximum atomic E-state index is 14.6. The summed E-state index contributed by atoms with van der Waals surface area (Å²) in [4.78, 5) is 19.2. The van der Waals surface area contributed by atoms with Crippen molar-refractivity contribution in [2.75, 3.05) is 0 Å². The van der Waals surface area contributed by atoms with Crippen molar-refractivity contribution < 1.29 is 9.18 Å². The minimum atomic E-state index is -0.735. The van der Waals surface area contributed by atoms with E-state index in [-0.39, 0.29) is 5.82 Å². The zero-order valence-electron chi connectivity index (χ0n) is 14.1. The minimum Gasteiger partial charge on any atom is -0.283 e. The third-order valence-electron chi connectivity index (χ3n) is 4.28. The summed E-state index contributed by atoms with van der Waals surface area (Å²) in [5, 5.41) is 8.20. The highest BCUT2D eigenvalue weighted by molar-refractivity contribution is 6.16. The Morgan fingerprint density at radius 3 is 2.73 bits per heavy atom. The normalized spacial score (nSPS) is 14.5. The van der Waals surface area contributed by atoms with Gasteiger partial charge in [0, 0.05) is 11.1 Å². The lowest BCUT2D eigenvalue weighted by Crippen LogP contribution is -2.20. The Morgan fingerprint density at radius 1 is 1.15 bits per heavy atom. The number of nitrogens with zero attached hydrogens (tertiary/aromatic N) is 5. The van der Waals surface area contributed by atoms with Crippen LogP contribution in [0.25, 0.3) is 5.69 Å². The third kappa shape index (κ3) is 2.46. The Balaban J connectivity index is 2.09. The summed E-state index contributed by atoms with van der Waals surface area (Å²) in [5.41, 5.74) is 1.89. The van der Waals surface area contributed by atoms with Gasteiger partial charge in [-0.3, -0.25) is 9.56 Å². The molecule has 0 fully saturated rings. The predicted octanol–water partition coefficient (Wildman–Crippen LogP) is 3.46. The van der Waals surface area contributed by atoms with Crippen LogP contribution in [0.2, 0.25) is 0 Å². The summed E-state index contributed by atoms with van der Waals surface area (Å²) < 4.78 is 16.4. The van der Waals surface area contributed by atoms with Gasteiger partial charge in [-0.05, 0) is 44.2 Å². The summed E-state index contributed by atoms with van der Waals surface area (Å²) in [6.45, 7) is 3.79. The Bertz CT molecular complexity index is 1090. The first-order valence-electron chi connectivity index (χ1n) is 7.99. The second kappa shape index (κ2) is 5.82. The SMILES string of the molecule is CC1(C)N=C(c2ccccc2F)c2cc(N=C=O)ccc2-n2cnnc21. The van der Waals surface area contributed by atoms with E-state index in [4.69, 9.17) is 4.99 Å². The molecule has 26 heavy (non-hydrogen) atoms. The van der Waals surface area contributed by atoms with Crippen LogP contribution in [0.4, 0.5) is 10.1 Å². The number of rotatable bonds is 2. The number of hydrogen-bond acceptors (Lipinski definition) is 5. The van der Waals surface area contributed by atoms with Gasteiger partial charge in [0.1, 0.15) is 17.7 Å². The van der Waals surface area contributed by atoms with Crippen LogP contribution >= 0.6 is 0 Å². The van der Waals surface area contributed by atoms with Gasteiger partial charge < -0.3 is 0 Å². The summed E-state index contributed by atoms with van der Waals surface area (Å²) in [6.07, 6.45) is 3.13. The fraction of sp³-hybridized carbons (Fsp3) is 0.158. The van der Waals surface area contributed by atoms with Crippen LogP contribution < -0.4 is 0 Å². The minimum absolute atomic E-state index is 0.368. The molecule has 1 aliphatic heterocycles. The molecule has 0 saturated carbocycles. The molecule has 0 radical (unpaired) electrons. The molecule has 6 nitrogen and oxygen atoms in total. The molecule has 4 rings (SSSR count). The van der Waals surface area contributed by atoms with Crippen molar-refractivity contribution in [3.05, 3.63) is 71.6 Å². The molecule has 0 aliphatic carbocycles. The van der Waals surface area contributed by atoms with Crippen LogP contribution in [0.5, 0.6) is 0 Å². The van der Waals surface area contributed by atoms with E-state index in [1.807, 2.05) is 18.4 Å². The van der Waals surface area contributed by atoms with Crippen molar-refractivity contribution in [2.45, 2.75) is 19.4 Å². The predicted molar refractivity (Wildman–Crippen MR) is 94.2 cm³/mol. The lowest BCUT2D eigenvalue weighted by atomic mass is 9.98. The molecule has 7 heteroatoms. The van der Waals surface area contributed by atoms with Crippen molar-refractivity contribution in [3.8, 4) is 5.69 Å². The topological polar surface area (TPSA) is 72.5 Å². The van der Waals surface area contributed by atoms with E-state index in [9.17, 15) is 9.18 Å². The lowest BCUT2D eigenvalue weighted by Gasteiger charge is -2.18. The number of halogens is 1. The molecule has 0 saturated heterocycles. The average molecular weight is 347 g/mol. The molecule has 0 unspecified atom stereocenters. The van der Waals surface area contributed by atoms with Crippen molar-refractivity contribution in [2.24, 2.45) is 9.98 Å². The van der Waals surface area contributed by atoms with Crippen molar-refractivity contribution >= 4 is 17.5 Å². The fourth-order valence-corrected chi connectivity index (χ4v) is 3.12. The highest BCUT2D eigenvalue weighted by Crippen LogP contribution is 2.35. The Kier molecular flexibility index (Phi) is 3.60. The first-order valence-corrected chi connectivity index (χ1v) is 7.99. The molecule has 2 heterocycles. The van der Waals surface area contributed by atoms with E-state index in [1.54, 1.807) is 42.7 Å². The highest BCUT2D eigenvalue weighted by atomic mass is 19.1. The van der Waals surface area contributed by atoms with Crippen LogP contribution in [0, 0.1) is 5.82 Å². The monoisotopic (exact) mass is 347 g/mol. The molecule has 0 N–H and O–H groups in total. The number of fused-ring (bicyclic) bond motifs is 3. The molecule has 0 spiro atoms. The molecule has 1 aromatic heterocycles. The van der Waals surface area contributed by atoms with E-state index < -0.39 is 5.54 Å². The van der Waals surface area contributed by atoms with E-state index in [2.05, 4.69) is 15.2 Å². The summed E-state index contributed by atoms with van der Waals surface area (Å²) in [6, 6.07) is 11.6. The molecule has 0 atom stereocenters. The first-order chi connectivity index (χ1) is 12.5. The molecule has 128 valence electrons. The van der Waals surface area contributed by atoms with Crippen LogP contribution in [0.3, 0.4) is 0 Å². The number of aliphatic imine (C=N–C) groups is 2. The van der Waals surface area contributed by atoms with Gasteiger partial charge in [0.2, 0.25) is 6.08 Å². The zero-order valence-corrected chi connectivity index (χ0v) is 14.1. The van der Waals surface area contributed by atoms with E-state index >= 15 is 0 Å². The smallest absolute Gasteiger partial charge is 0.240 e. The van der Waals surface area contributed by atoms with Crippen LogP contribution in [-0.2, 0) is 10.3 Å². The molecule has 0 amide bonds. The fourth-order valence-electron chi connectivity index (χ4n) is 3.12. The van der Waals surface area contributed by atoms with Gasteiger partial charge in [-0.15, -0.1) is 10.2 Å². The van der Waals surface area contributed by atoms with Crippen LogP contribution in [-0.4, -0.2) is 26.6 Å². The van der Waals surface area contributed by atoms with Crippen molar-refractivity contribution in [3.63, 3.8) is 0 Å². The maximum absolute atomic E-state index is 14.6. The summed E-state index contributed by atoms with van der Waals surface area (Å²) in [5.74, 6) is 0.256. The van der Waals surface area contributed by atoms with E-state index in [1.165, 1.54) is 12.1 Å². The number of carbonyl (C=O) groups excluding carboxylic acids is 1. The largest absolute Gasteiger partial charge is 0.283 e. The quantitative estimate of drug-likeness (QED) is 0.526. The second-order valence-electron chi connectivity index (χ2n) is 6.43. The van der Waals surface area contributed by atoms with Crippen LogP contribution in [0.15, 0.2) is 58.8 Å². The average Bonchev–Trinajstić information content (AvgIpc) is 3.08. The highest BCUT2D eigenvalue weighted by Gasteiger charge is 2.33. The summed E-state index contributed by atoms with van der Waals surface area (Å²) in [7, 11) is 0. The summed E-state index contributed by atoms with van der Waals surface area (Å²) >= 11 is 0. The number of aromatic nitrogens is 3. The van der Waals surface area contributed by atoms with Gasteiger partial charge in [-0.2, -0.15) is 4.99 Å². The van der Waals surface area contributed by atoms with Gasteiger partial charge >= 0.3 is 0 Å². The third-order valence-corrected chi connectivity index (χ3v) is 4.28. The van der Waals surface area contributed by atoms with Gasteiger partial charge in [0.05, 0.1) is 17.1 Å². The maximum Gasteiger partial charge on any atom is 0.240 e. The second-order valence-corrected chi connectivity index (χ2v) is 6.43. The number of benzene rings is 2. The van der Waals surface area contributed by atoms with Gasteiger partial charge in [0.15, 0.2) is 5.82 Å². The standard InChI is InChI=1S/C19H14FN5O/c1-19(2)18-24-22-10-25(18)16-8-7-12(21-11-26)9-14(16)17(23-19)13-5-3-4-6-15(13)20/h3-10H,1-2H3.